The Balaban J connectivity index is 1.57. The molecule has 2 aromatic heterocycles. The first-order valence-electron chi connectivity index (χ1n) is 9.32. The van der Waals surface area contributed by atoms with Crippen molar-refractivity contribution in [2.24, 2.45) is 5.92 Å². The molecule has 1 fully saturated rings. The van der Waals surface area contributed by atoms with Gasteiger partial charge in [0.25, 0.3) is 11.5 Å². The zero-order valence-electron chi connectivity index (χ0n) is 14.9. The molecule has 1 saturated heterocycles. The fourth-order valence-corrected chi connectivity index (χ4v) is 5.29. The third-order valence-electron chi connectivity index (χ3n) is 5.69. The first-order valence-corrected chi connectivity index (χ1v) is 10.2. The molecule has 2 atom stereocenters. The van der Waals surface area contributed by atoms with Gasteiger partial charge in [-0.2, -0.15) is 0 Å². The van der Waals surface area contributed by atoms with Crippen LogP contribution in [0.4, 0.5) is 0 Å². The van der Waals surface area contributed by atoms with Crippen LogP contribution in [-0.4, -0.2) is 28.5 Å². The number of piperidine rings is 1. The predicted molar refractivity (Wildman–Crippen MR) is 107 cm³/mol. The Morgan fingerprint density at radius 1 is 0.963 bits per heavy atom. The maximum Gasteiger partial charge on any atom is 0.263 e. The molecule has 2 aliphatic heterocycles. The standard InChI is InChI=1S/C22H20N2O2S/c25-20-9-8-18(16-5-2-1-3-6-16)21-17-11-15(13-24(20)21)12-23(14-17)22(26)19-7-4-10-27-19/h1-10,15,17H,11-14H2/t15-,17-/m0/s1. The van der Waals surface area contributed by atoms with Crippen LogP contribution < -0.4 is 5.56 Å². The molecule has 4 heterocycles. The molecule has 27 heavy (non-hydrogen) atoms. The summed E-state index contributed by atoms with van der Waals surface area (Å²) in [5.41, 5.74) is 3.40. The number of likely N-dealkylation sites (tertiary alicyclic amines) is 1. The van der Waals surface area contributed by atoms with E-state index in [9.17, 15) is 9.59 Å². The number of nitrogens with zero attached hydrogens (tertiary/aromatic N) is 2. The number of hydrogen-bond donors (Lipinski definition) is 0. The van der Waals surface area contributed by atoms with Crippen LogP contribution >= 0.6 is 11.3 Å². The summed E-state index contributed by atoms with van der Waals surface area (Å²) < 4.78 is 1.95. The van der Waals surface area contributed by atoms with Gasteiger partial charge in [0, 0.05) is 42.9 Å². The van der Waals surface area contributed by atoms with Crippen LogP contribution in [0.1, 0.15) is 27.7 Å². The molecule has 0 saturated carbocycles. The van der Waals surface area contributed by atoms with Crippen molar-refractivity contribution in [2.45, 2.75) is 18.9 Å². The minimum absolute atomic E-state index is 0.0671. The zero-order valence-corrected chi connectivity index (χ0v) is 15.7. The van der Waals surface area contributed by atoms with Crippen LogP contribution in [0, 0.1) is 5.92 Å². The van der Waals surface area contributed by atoms with Crippen LogP contribution in [0.2, 0.25) is 0 Å². The molecule has 4 nitrogen and oxygen atoms in total. The van der Waals surface area contributed by atoms with Crippen molar-refractivity contribution < 1.29 is 4.79 Å². The molecule has 0 radical (unpaired) electrons. The maximum atomic E-state index is 12.9. The molecule has 1 amide bonds. The van der Waals surface area contributed by atoms with Crippen molar-refractivity contribution in [3.05, 3.63) is 80.9 Å². The summed E-state index contributed by atoms with van der Waals surface area (Å²) >= 11 is 1.49. The van der Waals surface area contributed by atoms with E-state index in [1.807, 2.05) is 51.2 Å². The van der Waals surface area contributed by atoms with E-state index in [2.05, 4.69) is 12.1 Å². The molecule has 0 aliphatic carbocycles. The highest BCUT2D eigenvalue weighted by atomic mass is 32.1. The lowest BCUT2D eigenvalue weighted by molar-refractivity contribution is 0.0600. The molecule has 136 valence electrons. The van der Waals surface area contributed by atoms with Gasteiger partial charge in [0.1, 0.15) is 0 Å². The molecule has 1 aromatic carbocycles. The second kappa shape index (κ2) is 6.50. The highest BCUT2D eigenvalue weighted by molar-refractivity contribution is 7.12. The monoisotopic (exact) mass is 376 g/mol. The Morgan fingerprint density at radius 3 is 2.59 bits per heavy atom. The Morgan fingerprint density at radius 2 is 1.81 bits per heavy atom. The van der Waals surface area contributed by atoms with E-state index >= 15 is 0 Å². The average Bonchev–Trinajstić information content (AvgIpc) is 3.23. The predicted octanol–water partition coefficient (Wildman–Crippen LogP) is 3.84. The van der Waals surface area contributed by atoms with Gasteiger partial charge < -0.3 is 9.47 Å². The van der Waals surface area contributed by atoms with Crippen molar-refractivity contribution in [1.82, 2.24) is 9.47 Å². The first-order chi connectivity index (χ1) is 13.2. The van der Waals surface area contributed by atoms with E-state index in [0.717, 1.165) is 34.7 Å². The van der Waals surface area contributed by atoms with Crippen molar-refractivity contribution in [3.63, 3.8) is 0 Å². The van der Waals surface area contributed by atoms with E-state index in [4.69, 9.17) is 0 Å². The van der Waals surface area contributed by atoms with E-state index in [1.165, 1.54) is 11.3 Å². The van der Waals surface area contributed by atoms with Gasteiger partial charge in [0.15, 0.2) is 0 Å². The van der Waals surface area contributed by atoms with Crippen LogP contribution in [0.15, 0.2) is 64.8 Å². The number of aromatic nitrogens is 1. The van der Waals surface area contributed by atoms with Crippen LogP contribution in [0.5, 0.6) is 0 Å². The molecule has 0 spiro atoms. The SMILES string of the molecule is O=C(c1cccs1)N1C[C@@H]2C[C@@H](C1)c1c(-c3ccccc3)ccc(=O)n1C2. The van der Waals surface area contributed by atoms with Crippen LogP contribution in [0.25, 0.3) is 11.1 Å². The zero-order chi connectivity index (χ0) is 18.4. The number of amides is 1. The summed E-state index contributed by atoms with van der Waals surface area (Å²) in [6.45, 7) is 2.10. The van der Waals surface area contributed by atoms with E-state index in [1.54, 1.807) is 6.07 Å². The molecule has 5 heteroatoms. The lowest BCUT2D eigenvalue weighted by Crippen LogP contribution is -2.49. The van der Waals surface area contributed by atoms with E-state index < -0.39 is 0 Å². The topological polar surface area (TPSA) is 42.3 Å². The largest absolute Gasteiger partial charge is 0.337 e. The summed E-state index contributed by atoms with van der Waals surface area (Å²) in [7, 11) is 0. The van der Waals surface area contributed by atoms with Crippen LogP contribution in [0.3, 0.4) is 0 Å². The van der Waals surface area contributed by atoms with Crippen LogP contribution in [-0.2, 0) is 6.54 Å². The number of carbonyl (C=O) groups excluding carboxylic acids is 1. The number of rotatable bonds is 2. The Labute approximate surface area is 161 Å². The molecule has 2 bridgehead atoms. The Kier molecular flexibility index (Phi) is 3.97. The number of thiophene rings is 1. The van der Waals surface area contributed by atoms with Gasteiger partial charge >= 0.3 is 0 Å². The number of pyridine rings is 1. The number of carbonyl (C=O) groups is 1. The van der Waals surface area contributed by atoms with Crippen molar-refractivity contribution in [2.75, 3.05) is 13.1 Å². The minimum Gasteiger partial charge on any atom is -0.337 e. The molecular formula is C22H20N2O2S. The summed E-state index contributed by atoms with van der Waals surface area (Å²) in [5, 5.41) is 1.94. The van der Waals surface area contributed by atoms with Gasteiger partial charge in [-0.15, -0.1) is 11.3 Å². The Hall–Kier alpha value is -2.66. The van der Waals surface area contributed by atoms with Crippen molar-refractivity contribution >= 4 is 17.2 Å². The number of hydrogen-bond acceptors (Lipinski definition) is 3. The molecule has 2 aliphatic rings. The fourth-order valence-electron chi connectivity index (χ4n) is 4.60. The maximum absolute atomic E-state index is 12.9. The first kappa shape index (κ1) is 16.5. The number of fused-ring (bicyclic) bond motifs is 4. The van der Waals surface area contributed by atoms with Gasteiger partial charge in [0.2, 0.25) is 0 Å². The third-order valence-corrected chi connectivity index (χ3v) is 6.55. The summed E-state index contributed by atoms with van der Waals surface area (Å²) in [5.74, 6) is 0.655. The fraction of sp³-hybridized carbons (Fsp3) is 0.273. The smallest absolute Gasteiger partial charge is 0.263 e. The minimum atomic E-state index is 0.0671. The normalized spacial score (nSPS) is 21.0. The van der Waals surface area contributed by atoms with Gasteiger partial charge in [-0.3, -0.25) is 9.59 Å². The quantitative estimate of drug-likeness (QED) is 0.682. The lowest BCUT2D eigenvalue weighted by atomic mass is 9.80. The highest BCUT2D eigenvalue weighted by Crippen LogP contribution is 2.40. The molecular weight excluding hydrogens is 356 g/mol. The van der Waals surface area contributed by atoms with Gasteiger partial charge in [-0.05, 0) is 35.4 Å². The third kappa shape index (κ3) is 2.82. The second-order valence-electron chi connectivity index (χ2n) is 7.43. The molecule has 3 aromatic rings. The Bertz CT molecular complexity index is 1040. The second-order valence-corrected chi connectivity index (χ2v) is 8.38. The van der Waals surface area contributed by atoms with E-state index in [-0.39, 0.29) is 17.4 Å². The summed E-state index contributed by atoms with van der Waals surface area (Å²) in [6, 6.07) is 17.7. The lowest BCUT2D eigenvalue weighted by Gasteiger charge is -2.43. The summed E-state index contributed by atoms with van der Waals surface area (Å²) in [6.07, 6.45) is 1.04. The molecule has 0 N–H and O–H groups in total. The van der Waals surface area contributed by atoms with Gasteiger partial charge in [-0.1, -0.05) is 36.4 Å². The van der Waals surface area contributed by atoms with Gasteiger partial charge in [-0.25, -0.2) is 0 Å². The highest BCUT2D eigenvalue weighted by Gasteiger charge is 2.38. The molecule has 5 rings (SSSR count). The van der Waals surface area contributed by atoms with Crippen molar-refractivity contribution in [1.29, 1.82) is 0 Å². The summed E-state index contributed by atoms with van der Waals surface area (Å²) in [4.78, 5) is 28.2. The molecule has 0 unspecified atom stereocenters. The van der Waals surface area contributed by atoms with Gasteiger partial charge in [0.05, 0.1) is 4.88 Å². The average molecular weight is 376 g/mol. The van der Waals surface area contributed by atoms with Crippen molar-refractivity contribution in [3.8, 4) is 11.1 Å². The van der Waals surface area contributed by atoms with E-state index in [0.29, 0.717) is 19.0 Å². The number of benzene rings is 1.